The number of esters is 1. The smallest absolute Gasteiger partial charge is 0.341 e. The van der Waals surface area contributed by atoms with E-state index in [-0.39, 0.29) is 5.88 Å². The molecule has 26 heavy (non-hydrogen) atoms. The molecule has 1 aromatic carbocycles. The van der Waals surface area contributed by atoms with Crippen molar-refractivity contribution in [3.63, 3.8) is 0 Å². The minimum Gasteiger partial charge on any atom is -0.462 e. The zero-order chi connectivity index (χ0) is 18.4. The Morgan fingerprint density at radius 1 is 1.19 bits per heavy atom. The van der Waals surface area contributed by atoms with Gasteiger partial charge in [0, 0.05) is 38.9 Å². The molecule has 0 bridgehead atoms. The van der Waals surface area contributed by atoms with Crippen molar-refractivity contribution in [2.75, 3.05) is 37.7 Å². The second-order valence-corrected chi connectivity index (χ2v) is 6.40. The Hall–Kier alpha value is -2.18. The van der Waals surface area contributed by atoms with Gasteiger partial charge in [-0.05, 0) is 12.5 Å². The van der Waals surface area contributed by atoms with Crippen LogP contribution in [-0.2, 0) is 17.2 Å². The summed E-state index contributed by atoms with van der Waals surface area (Å²) in [6.07, 6.45) is 1.52. The molecule has 0 unspecified atom stereocenters. The number of ether oxygens (including phenoxy) is 1. The van der Waals surface area contributed by atoms with Gasteiger partial charge in [0.1, 0.15) is 5.56 Å². The van der Waals surface area contributed by atoms with Crippen LogP contribution in [0.3, 0.4) is 0 Å². The highest BCUT2D eigenvalue weighted by atomic mass is 35.5. The molecule has 1 aliphatic rings. The van der Waals surface area contributed by atoms with E-state index in [0.717, 1.165) is 32.7 Å². The van der Waals surface area contributed by atoms with Crippen LogP contribution in [0.15, 0.2) is 36.5 Å². The summed E-state index contributed by atoms with van der Waals surface area (Å²) in [5.74, 6) is 0.341. The van der Waals surface area contributed by atoms with E-state index >= 15 is 0 Å². The van der Waals surface area contributed by atoms with Gasteiger partial charge >= 0.3 is 5.97 Å². The molecule has 1 aliphatic heterocycles. The Morgan fingerprint density at radius 2 is 1.92 bits per heavy atom. The molecule has 1 fully saturated rings. The molecule has 6 nitrogen and oxygen atoms in total. The van der Waals surface area contributed by atoms with Crippen molar-refractivity contribution in [2.24, 2.45) is 0 Å². The van der Waals surface area contributed by atoms with Crippen LogP contribution in [0.1, 0.15) is 28.5 Å². The summed E-state index contributed by atoms with van der Waals surface area (Å²) in [5.41, 5.74) is 2.18. The predicted octanol–water partition coefficient (Wildman–Crippen LogP) is 2.71. The lowest BCUT2D eigenvalue weighted by Crippen LogP contribution is -2.46. The zero-order valence-electron chi connectivity index (χ0n) is 14.9. The number of halogens is 1. The molecule has 0 atom stereocenters. The third-order valence-corrected chi connectivity index (χ3v) is 4.63. The van der Waals surface area contributed by atoms with Crippen molar-refractivity contribution in [2.45, 2.75) is 19.3 Å². The summed E-state index contributed by atoms with van der Waals surface area (Å²) >= 11 is 5.98. The third-order valence-electron chi connectivity index (χ3n) is 4.38. The van der Waals surface area contributed by atoms with Gasteiger partial charge in [-0.2, -0.15) is 0 Å². The molecule has 0 amide bonds. The van der Waals surface area contributed by atoms with Crippen LogP contribution < -0.4 is 4.90 Å². The van der Waals surface area contributed by atoms with Gasteiger partial charge in [0.25, 0.3) is 0 Å². The third kappa shape index (κ3) is 4.51. The molecular weight excluding hydrogens is 352 g/mol. The highest BCUT2D eigenvalue weighted by molar-refractivity contribution is 6.17. The SMILES string of the molecule is CCOC(=O)c1cnc(N2CCN(Cc3ccccc3)CC2)nc1CCl. The number of carbonyl (C=O) groups excluding carboxylic acids is 1. The second kappa shape index (κ2) is 8.96. The number of nitrogens with zero attached hydrogens (tertiary/aromatic N) is 4. The van der Waals surface area contributed by atoms with Crippen molar-refractivity contribution in [1.29, 1.82) is 0 Å². The van der Waals surface area contributed by atoms with Crippen LogP contribution >= 0.6 is 11.6 Å². The monoisotopic (exact) mass is 374 g/mol. The normalized spacial score (nSPS) is 15.1. The first-order chi connectivity index (χ1) is 12.7. The number of piperazine rings is 1. The number of hydrogen-bond acceptors (Lipinski definition) is 6. The molecule has 2 aromatic rings. The Balaban J connectivity index is 1.63. The number of anilines is 1. The van der Waals surface area contributed by atoms with Crippen LogP contribution in [0, 0.1) is 0 Å². The summed E-state index contributed by atoms with van der Waals surface area (Å²) in [4.78, 5) is 25.3. The molecule has 0 spiro atoms. The van der Waals surface area contributed by atoms with E-state index in [4.69, 9.17) is 16.3 Å². The van der Waals surface area contributed by atoms with E-state index in [1.807, 2.05) is 6.07 Å². The molecule has 7 heteroatoms. The summed E-state index contributed by atoms with van der Waals surface area (Å²) in [7, 11) is 0. The molecule has 0 saturated carbocycles. The number of aromatic nitrogens is 2. The quantitative estimate of drug-likeness (QED) is 0.572. The molecule has 138 valence electrons. The fourth-order valence-corrected chi connectivity index (χ4v) is 3.19. The molecule has 1 aromatic heterocycles. The maximum atomic E-state index is 11.9. The molecule has 0 radical (unpaired) electrons. The first kappa shape index (κ1) is 18.6. The predicted molar refractivity (Wildman–Crippen MR) is 101 cm³/mol. The maximum Gasteiger partial charge on any atom is 0.341 e. The fraction of sp³-hybridized carbons (Fsp3) is 0.421. The van der Waals surface area contributed by atoms with Crippen molar-refractivity contribution >= 4 is 23.5 Å². The molecule has 1 saturated heterocycles. The van der Waals surface area contributed by atoms with E-state index in [1.165, 1.54) is 11.8 Å². The van der Waals surface area contributed by atoms with Crippen molar-refractivity contribution in [3.05, 3.63) is 53.3 Å². The average molecular weight is 375 g/mol. The van der Waals surface area contributed by atoms with Gasteiger partial charge in [0.15, 0.2) is 0 Å². The lowest BCUT2D eigenvalue weighted by atomic mass is 10.2. The Bertz CT molecular complexity index is 734. The Morgan fingerprint density at radius 3 is 2.58 bits per heavy atom. The van der Waals surface area contributed by atoms with Crippen molar-refractivity contribution in [1.82, 2.24) is 14.9 Å². The van der Waals surface area contributed by atoms with Gasteiger partial charge in [0.2, 0.25) is 5.95 Å². The van der Waals surface area contributed by atoms with Gasteiger partial charge in [-0.3, -0.25) is 4.90 Å². The number of carbonyl (C=O) groups is 1. The summed E-state index contributed by atoms with van der Waals surface area (Å²) < 4.78 is 5.03. The van der Waals surface area contributed by atoms with Gasteiger partial charge in [-0.1, -0.05) is 30.3 Å². The second-order valence-electron chi connectivity index (χ2n) is 6.13. The molecule has 3 rings (SSSR count). The number of benzene rings is 1. The van der Waals surface area contributed by atoms with Gasteiger partial charge < -0.3 is 9.64 Å². The number of rotatable bonds is 6. The summed E-state index contributed by atoms with van der Waals surface area (Å²) in [6.45, 7) is 6.58. The van der Waals surface area contributed by atoms with Crippen LogP contribution in [0.25, 0.3) is 0 Å². The molecule has 0 N–H and O–H groups in total. The standard InChI is InChI=1S/C19H23ClN4O2/c1-2-26-18(25)16-13-21-19(22-17(16)12-20)24-10-8-23(9-11-24)14-15-6-4-3-5-7-15/h3-7,13H,2,8-12,14H2,1H3. The first-order valence-electron chi connectivity index (χ1n) is 8.81. The lowest BCUT2D eigenvalue weighted by Gasteiger charge is -2.34. The molecular formula is C19H23ClN4O2. The summed E-state index contributed by atoms with van der Waals surface area (Å²) in [5, 5.41) is 0. The van der Waals surface area contributed by atoms with Crippen LogP contribution in [-0.4, -0.2) is 53.6 Å². The number of alkyl halides is 1. The minimum atomic E-state index is -0.428. The fourth-order valence-electron chi connectivity index (χ4n) is 2.99. The Kier molecular flexibility index (Phi) is 6.41. The topological polar surface area (TPSA) is 58.6 Å². The highest BCUT2D eigenvalue weighted by Crippen LogP contribution is 2.17. The van der Waals surface area contributed by atoms with E-state index in [2.05, 4.69) is 44.0 Å². The minimum absolute atomic E-state index is 0.150. The molecule has 0 aliphatic carbocycles. The largest absolute Gasteiger partial charge is 0.462 e. The van der Waals surface area contributed by atoms with E-state index in [0.29, 0.717) is 23.8 Å². The average Bonchev–Trinajstić information content (AvgIpc) is 2.69. The van der Waals surface area contributed by atoms with Crippen molar-refractivity contribution < 1.29 is 9.53 Å². The Labute approximate surface area is 158 Å². The van der Waals surface area contributed by atoms with Crippen LogP contribution in [0.2, 0.25) is 0 Å². The zero-order valence-corrected chi connectivity index (χ0v) is 15.7. The maximum absolute atomic E-state index is 11.9. The van der Waals surface area contributed by atoms with E-state index in [1.54, 1.807) is 6.92 Å². The van der Waals surface area contributed by atoms with Crippen LogP contribution in [0.5, 0.6) is 0 Å². The van der Waals surface area contributed by atoms with Gasteiger partial charge in [-0.15, -0.1) is 11.6 Å². The first-order valence-corrected chi connectivity index (χ1v) is 9.35. The van der Waals surface area contributed by atoms with Gasteiger partial charge in [-0.25, -0.2) is 14.8 Å². The van der Waals surface area contributed by atoms with E-state index in [9.17, 15) is 4.79 Å². The molecule has 2 heterocycles. The number of hydrogen-bond donors (Lipinski definition) is 0. The van der Waals surface area contributed by atoms with Crippen molar-refractivity contribution in [3.8, 4) is 0 Å². The van der Waals surface area contributed by atoms with E-state index < -0.39 is 5.97 Å². The van der Waals surface area contributed by atoms with Gasteiger partial charge in [0.05, 0.1) is 18.2 Å². The summed E-state index contributed by atoms with van der Waals surface area (Å²) in [6, 6.07) is 10.5. The lowest BCUT2D eigenvalue weighted by molar-refractivity contribution is 0.0524. The van der Waals surface area contributed by atoms with Crippen LogP contribution in [0.4, 0.5) is 5.95 Å². The highest BCUT2D eigenvalue weighted by Gasteiger charge is 2.21.